The Kier molecular flexibility index (Phi) is 4.98. The summed E-state index contributed by atoms with van der Waals surface area (Å²) in [4.78, 5) is 0. The van der Waals surface area contributed by atoms with E-state index >= 15 is 0 Å². The Morgan fingerprint density at radius 1 is 1.20 bits per heavy atom. The van der Waals surface area contributed by atoms with E-state index in [4.69, 9.17) is 0 Å². The van der Waals surface area contributed by atoms with Gasteiger partial charge in [-0.1, -0.05) is 0 Å². The predicted molar refractivity (Wildman–Crippen MR) is 24.6 cm³/mol. The first-order valence-corrected chi connectivity index (χ1v) is 1.71. The molecule has 0 bridgehead atoms. The van der Waals surface area contributed by atoms with Gasteiger partial charge >= 0.3 is 51.4 Å². The molecule has 26 valence electrons. The topological polar surface area (TPSA) is 12.0 Å². The Morgan fingerprint density at radius 3 is 1.40 bits per heavy atom. The zero-order chi connectivity index (χ0) is 2.83. The average Bonchev–Trinajstić information content (AvgIpc) is 0.722. The Morgan fingerprint density at radius 2 is 1.40 bits per heavy atom. The summed E-state index contributed by atoms with van der Waals surface area (Å²) in [7, 11) is 0. The van der Waals surface area contributed by atoms with Gasteiger partial charge in [0.1, 0.15) is 0 Å². The second-order valence-electron chi connectivity index (χ2n) is 1.10. The van der Waals surface area contributed by atoms with Crippen LogP contribution in [0.15, 0.2) is 0 Å². The van der Waals surface area contributed by atoms with Gasteiger partial charge in [0.2, 0.25) is 0 Å². The molecular weight excluding hydrogens is 89.1 g/mol. The van der Waals surface area contributed by atoms with Gasteiger partial charge < -0.3 is 5.32 Å². The van der Waals surface area contributed by atoms with E-state index in [2.05, 4.69) is 5.32 Å². The van der Waals surface area contributed by atoms with Crippen LogP contribution >= 0.6 is 0 Å². The first-order chi connectivity index (χ1) is 2.00. The molecule has 1 saturated heterocycles. The number of nitrogens with one attached hydrogen (secondary N) is 1. The first-order valence-electron chi connectivity index (χ1n) is 1.71. The zero-order valence-corrected chi connectivity index (χ0v) is 2.62. The van der Waals surface area contributed by atoms with Crippen molar-refractivity contribution in [2.75, 3.05) is 13.1 Å². The van der Waals surface area contributed by atoms with Gasteiger partial charge in [0, 0.05) is 0 Å². The first kappa shape index (κ1) is 6.60. The van der Waals surface area contributed by atoms with Gasteiger partial charge in [0.05, 0.1) is 0 Å². The molecule has 1 rings (SSSR count). The van der Waals surface area contributed by atoms with Gasteiger partial charge in [-0.25, -0.2) is 0 Å². The molecule has 1 heterocycles. The van der Waals surface area contributed by atoms with Crippen LogP contribution in [0.5, 0.6) is 0 Å². The van der Waals surface area contributed by atoms with Crippen molar-refractivity contribution in [3.63, 3.8) is 0 Å². The van der Waals surface area contributed by atoms with Gasteiger partial charge in [-0.15, -0.1) is 0 Å². The zero-order valence-electron chi connectivity index (χ0n) is 2.62. The van der Waals surface area contributed by atoms with Crippen LogP contribution in [0, 0.1) is 0 Å². The van der Waals surface area contributed by atoms with Crippen molar-refractivity contribution in [3.05, 3.63) is 0 Å². The third kappa shape index (κ3) is 2.31. The third-order valence-electron chi connectivity index (χ3n) is 0.707. The summed E-state index contributed by atoms with van der Waals surface area (Å²) in [5.74, 6) is 0. The molecule has 0 radical (unpaired) electrons. The van der Waals surface area contributed by atoms with E-state index < -0.39 is 0 Å². The second kappa shape index (κ2) is 3.78. The molecule has 0 aliphatic carbocycles. The Hall–Kier alpha value is 1.60. The number of hydrogen-bond acceptors (Lipinski definition) is 1. The van der Waals surface area contributed by atoms with Gasteiger partial charge in [0.25, 0.3) is 0 Å². The summed E-state index contributed by atoms with van der Waals surface area (Å²) in [5, 5.41) is 3.11. The van der Waals surface area contributed by atoms with Crippen molar-refractivity contribution in [3.8, 4) is 0 Å². The second-order valence-corrected chi connectivity index (χ2v) is 1.10. The maximum atomic E-state index is 3.11. The molecule has 1 aliphatic rings. The Balaban J connectivity index is 0.000000160. The van der Waals surface area contributed by atoms with Crippen LogP contribution in [0.3, 0.4) is 0 Å². The maximum absolute atomic E-state index is 3.11. The molecule has 0 unspecified atom stereocenters. The van der Waals surface area contributed by atoms with Crippen LogP contribution in [-0.4, -0.2) is 64.5 Å². The van der Waals surface area contributed by atoms with E-state index in [1.165, 1.54) is 19.5 Å². The van der Waals surface area contributed by atoms with Crippen molar-refractivity contribution in [2.24, 2.45) is 0 Å². The van der Waals surface area contributed by atoms with E-state index in [0.29, 0.717) is 0 Å². The minimum atomic E-state index is 0. The summed E-state index contributed by atoms with van der Waals surface area (Å²) in [6.07, 6.45) is 1.39. The summed E-state index contributed by atoms with van der Waals surface area (Å²) in [5.41, 5.74) is 0. The van der Waals surface area contributed by atoms with E-state index in [0.717, 1.165) is 0 Å². The minimum absolute atomic E-state index is 0. The molecule has 1 nitrogen and oxygen atoms in total. The van der Waals surface area contributed by atoms with Crippen molar-refractivity contribution in [1.82, 2.24) is 5.32 Å². The molecule has 0 atom stereocenters. The summed E-state index contributed by atoms with van der Waals surface area (Å²) in [6.45, 7) is 2.50. The molecule has 0 spiro atoms. The molecule has 2 heteroatoms. The Labute approximate surface area is 74.9 Å². The number of rotatable bonds is 0. The van der Waals surface area contributed by atoms with E-state index in [-0.39, 0.29) is 51.4 Å². The van der Waals surface area contributed by atoms with Crippen molar-refractivity contribution >= 4 is 51.4 Å². The van der Waals surface area contributed by atoms with Crippen molar-refractivity contribution in [1.29, 1.82) is 0 Å². The van der Waals surface area contributed by atoms with Crippen LogP contribution in [0.1, 0.15) is 6.42 Å². The molecule has 1 aliphatic heterocycles. The fourth-order valence-electron chi connectivity index (χ4n) is 0.177. The molecule has 1 fully saturated rings. The fourth-order valence-corrected chi connectivity index (χ4v) is 0.177. The molecule has 0 amide bonds. The normalized spacial score (nSPS) is 19.2. The summed E-state index contributed by atoms with van der Waals surface area (Å²) in [6, 6.07) is 0. The van der Waals surface area contributed by atoms with Gasteiger partial charge in [-0.05, 0) is 19.5 Å². The van der Waals surface area contributed by atoms with E-state index in [9.17, 15) is 0 Å². The van der Waals surface area contributed by atoms with Crippen LogP contribution in [0.25, 0.3) is 0 Å². The molecule has 1 N–H and O–H groups in total. The van der Waals surface area contributed by atoms with Crippen molar-refractivity contribution in [2.45, 2.75) is 6.42 Å². The standard InChI is InChI=1S/C3H7N.K.H/c1-2-4-3-1;;/h4H,1-3H2;;. The summed E-state index contributed by atoms with van der Waals surface area (Å²) >= 11 is 0. The Bertz CT molecular complexity index is 14.9. The van der Waals surface area contributed by atoms with Gasteiger partial charge in [0.15, 0.2) is 0 Å². The summed E-state index contributed by atoms with van der Waals surface area (Å²) < 4.78 is 0. The van der Waals surface area contributed by atoms with Gasteiger partial charge in [-0.2, -0.15) is 0 Å². The third-order valence-corrected chi connectivity index (χ3v) is 0.707. The molecule has 5 heavy (non-hydrogen) atoms. The van der Waals surface area contributed by atoms with Gasteiger partial charge in [-0.3, -0.25) is 0 Å². The molecule has 0 aromatic rings. The molecule has 0 saturated carbocycles. The molecule has 0 aromatic heterocycles. The van der Waals surface area contributed by atoms with Crippen LogP contribution < -0.4 is 5.32 Å². The van der Waals surface area contributed by atoms with E-state index in [1.807, 2.05) is 0 Å². The van der Waals surface area contributed by atoms with Crippen molar-refractivity contribution < 1.29 is 0 Å². The average molecular weight is 97.2 g/mol. The SMILES string of the molecule is C1CNC1.[KH]. The predicted octanol–water partition coefficient (Wildman–Crippen LogP) is -0.669. The van der Waals surface area contributed by atoms with Crippen LogP contribution in [0.2, 0.25) is 0 Å². The van der Waals surface area contributed by atoms with Crippen LogP contribution in [0.4, 0.5) is 0 Å². The quantitative estimate of drug-likeness (QED) is 0.395. The van der Waals surface area contributed by atoms with E-state index in [1.54, 1.807) is 0 Å². The molecular formula is C3H8KN. The van der Waals surface area contributed by atoms with Crippen LogP contribution in [-0.2, 0) is 0 Å². The molecule has 0 aromatic carbocycles. The number of hydrogen-bond donors (Lipinski definition) is 1. The fraction of sp³-hybridized carbons (Fsp3) is 1.00. The monoisotopic (exact) mass is 97.0 g/mol.